The van der Waals surface area contributed by atoms with Gasteiger partial charge in [-0.1, -0.05) is 32.9 Å². The minimum absolute atomic E-state index is 0.0279. The van der Waals surface area contributed by atoms with Crippen molar-refractivity contribution < 1.29 is 4.79 Å². The van der Waals surface area contributed by atoms with Gasteiger partial charge in [-0.25, -0.2) is 0 Å². The number of carbonyl (C=O) groups excluding carboxylic acids is 1. The first-order valence-electron chi connectivity index (χ1n) is 6.41. The van der Waals surface area contributed by atoms with Crippen LogP contribution in [-0.2, 0) is 5.41 Å². The van der Waals surface area contributed by atoms with Gasteiger partial charge in [-0.05, 0) is 34.5 Å². The fourth-order valence-electron chi connectivity index (χ4n) is 1.78. The highest BCUT2D eigenvalue weighted by molar-refractivity contribution is 9.10. The summed E-state index contributed by atoms with van der Waals surface area (Å²) in [5, 5.41) is 9.89. The SMILES string of the molecule is Cc1cccc(C(=O)Nc2cc(C(C)(C)C)[nH]n2)c1Br. The lowest BCUT2D eigenvalue weighted by atomic mass is 9.92. The number of nitrogens with one attached hydrogen (secondary N) is 2. The van der Waals surface area contributed by atoms with Crippen LogP contribution in [0.15, 0.2) is 28.7 Å². The van der Waals surface area contributed by atoms with E-state index in [4.69, 9.17) is 0 Å². The highest BCUT2D eigenvalue weighted by Gasteiger charge is 2.18. The number of amides is 1. The molecule has 2 aromatic rings. The molecule has 0 saturated heterocycles. The van der Waals surface area contributed by atoms with Crippen LogP contribution in [0, 0.1) is 6.92 Å². The monoisotopic (exact) mass is 335 g/mol. The van der Waals surface area contributed by atoms with Crippen LogP contribution < -0.4 is 5.32 Å². The lowest BCUT2D eigenvalue weighted by Gasteiger charge is -2.14. The normalized spacial score (nSPS) is 11.4. The van der Waals surface area contributed by atoms with Crippen LogP contribution in [0.5, 0.6) is 0 Å². The Bertz CT molecular complexity index is 641. The summed E-state index contributed by atoms with van der Waals surface area (Å²) in [6, 6.07) is 7.46. The van der Waals surface area contributed by atoms with E-state index in [1.807, 2.05) is 25.1 Å². The molecule has 1 aromatic heterocycles. The van der Waals surface area contributed by atoms with Crippen LogP contribution in [0.25, 0.3) is 0 Å². The van der Waals surface area contributed by atoms with Gasteiger partial charge in [0.1, 0.15) is 0 Å². The van der Waals surface area contributed by atoms with Crippen molar-refractivity contribution >= 4 is 27.7 Å². The summed E-state index contributed by atoms with van der Waals surface area (Å²) in [6.07, 6.45) is 0. The number of rotatable bonds is 2. The third-order valence-corrected chi connectivity index (χ3v) is 4.12. The van der Waals surface area contributed by atoms with E-state index in [1.165, 1.54) is 0 Å². The van der Waals surface area contributed by atoms with Gasteiger partial charge in [0.2, 0.25) is 0 Å². The van der Waals surface area contributed by atoms with Crippen LogP contribution in [0.2, 0.25) is 0 Å². The predicted molar refractivity (Wildman–Crippen MR) is 84.1 cm³/mol. The van der Waals surface area contributed by atoms with E-state index in [0.717, 1.165) is 15.7 Å². The molecule has 106 valence electrons. The molecule has 2 N–H and O–H groups in total. The number of halogens is 1. The summed E-state index contributed by atoms with van der Waals surface area (Å²) in [6.45, 7) is 8.21. The van der Waals surface area contributed by atoms with E-state index >= 15 is 0 Å². The molecule has 0 aliphatic rings. The molecule has 0 spiro atoms. The Morgan fingerprint density at radius 2 is 2.05 bits per heavy atom. The van der Waals surface area contributed by atoms with Crippen molar-refractivity contribution in [2.75, 3.05) is 5.32 Å². The molecule has 0 atom stereocenters. The van der Waals surface area contributed by atoms with Gasteiger partial charge in [0, 0.05) is 21.6 Å². The van der Waals surface area contributed by atoms with Crippen LogP contribution in [0.1, 0.15) is 42.4 Å². The van der Waals surface area contributed by atoms with Crippen molar-refractivity contribution in [2.45, 2.75) is 33.1 Å². The first kappa shape index (κ1) is 14.8. The Kier molecular flexibility index (Phi) is 3.99. The molecule has 2 rings (SSSR count). The van der Waals surface area contributed by atoms with Crippen molar-refractivity contribution in [1.82, 2.24) is 10.2 Å². The first-order valence-corrected chi connectivity index (χ1v) is 7.20. The van der Waals surface area contributed by atoms with Gasteiger partial charge in [0.05, 0.1) is 5.56 Å². The Hall–Kier alpha value is -1.62. The molecule has 0 unspecified atom stereocenters. The lowest BCUT2D eigenvalue weighted by molar-refractivity contribution is 0.102. The molecule has 20 heavy (non-hydrogen) atoms. The highest BCUT2D eigenvalue weighted by Crippen LogP contribution is 2.24. The smallest absolute Gasteiger partial charge is 0.258 e. The van der Waals surface area contributed by atoms with Gasteiger partial charge >= 0.3 is 0 Å². The Morgan fingerprint density at radius 3 is 2.65 bits per heavy atom. The van der Waals surface area contributed by atoms with Gasteiger partial charge in [-0.15, -0.1) is 0 Å². The number of hydrogen-bond acceptors (Lipinski definition) is 2. The molecule has 0 bridgehead atoms. The Morgan fingerprint density at radius 1 is 1.35 bits per heavy atom. The zero-order valence-corrected chi connectivity index (χ0v) is 13.6. The fraction of sp³-hybridized carbons (Fsp3) is 0.333. The number of nitrogens with zero attached hydrogens (tertiary/aromatic N) is 1. The molecule has 1 heterocycles. The minimum Gasteiger partial charge on any atom is -0.305 e. The summed E-state index contributed by atoms with van der Waals surface area (Å²) in [5.41, 5.74) is 2.58. The maximum atomic E-state index is 12.3. The molecule has 4 nitrogen and oxygen atoms in total. The summed E-state index contributed by atoms with van der Waals surface area (Å²) < 4.78 is 0.809. The number of anilines is 1. The Balaban J connectivity index is 2.20. The number of aryl methyl sites for hydroxylation is 1. The van der Waals surface area contributed by atoms with E-state index in [2.05, 4.69) is 52.2 Å². The molecule has 0 aliphatic carbocycles. The van der Waals surface area contributed by atoms with E-state index in [-0.39, 0.29) is 11.3 Å². The summed E-state index contributed by atoms with van der Waals surface area (Å²) in [5.74, 6) is 0.362. The number of H-pyrrole nitrogens is 1. The quantitative estimate of drug-likeness (QED) is 0.870. The number of hydrogen-bond donors (Lipinski definition) is 2. The number of aromatic amines is 1. The topological polar surface area (TPSA) is 57.8 Å². The average molecular weight is 336 g/mol. The van der Waals surface area contributed by atoms with Crippen molar-refractivity contribution in [3.05, 3.63) is 45.6 Å². The molecular formula is C15H18BrN3O. The second-order valence-electron chi connectivity index (χ2n) is 5.81. The van der Waals surface area contributed by atoms with Gasteiger partial charge in [-0.2, -0.15) is 5.10 Å². The van der Waals surface area contributed by atoms with Crippen molar-refractivity contribution in [2.24, 2.45) is 0 Å². The second-order valence-corrected chi connectivity index (χ2v) is 6.60. The van der Waals surface area contributed by atoms with E-state index in [0.29, 0.717) is 11.4 Å². The molecule has 1 amide bonds. The third-order valence-electron chi connectivity index (χ3n) is 3.06. The third kappa shape index (κ3) is 3.10. The van der Waals surface area contributed by atoms with Crippen LogP contribution in [0.4, 0.5) is 5.82 Å². The van der Waals surface area contributed by atoms with E-state index < -0.39 is 0 Å². The lowest BCUT2D eigenvalue weighted by Crippen LogP contribution is -2.13. The van der Waals surface area contributed by atoms with Gasteiger partial charge in [0.15, 0.2) is 5.82 Å². The molecular weight excluding hydrogens is 318 g/mol. The Labute approximate surface area is 127 Å². The average Bonchev–Trinajstić information content (AvgIpc) is 2.81. The maximum Gasteiger partial charge on any atom is 0.258 e. The largest absolute Gasteiger partial charge is 0.305 e. The number of carbonyl (C=O) groups is 1. The molecule has 0 saturated carbocycles. The zero-order valence-electron chi connectivity index (χ0n) is 12.0. The second kappa shape index (κ2) is 5.40. The minimum atomic E-state index is -0.174. The maximum absolute atomic E-state index is 12.3. The van der Waals surface area contributed by atoms with Gasteiger partial charge in [0.25, 0.3) is 5.91 Å². The molecule has 5 heteroatoms. The first-order chi connectivity index (χ1) is 9.29. The van der Waals surface area contributed by atoms with Crippen molar-refractivity contribution in [3.8, 4) is 0 Å². The molecule has 0 radical (unpaired) electrons. The van der Waals surface area contributed by atoms with Crippen LogP contribution in [-0.4, -0.2) is 16.1 Å². The van der Waals surface area contributed by atoms with E-state index in [1.54, 1.807) is 6.07 Å². The van der Waals surface area contributed by atoms with Crippen molar-refractivity contribution in [1.29, 1.82) is 0 Å². The standard InChI is InChI=1S/C15H18BrN3O/c1-9-6-5-7-10(13(9)16)14(20)17-12-8-11(18-19-12)15(2,3)4/h5-8H,1-4H3,(H2,17,18,19,20). The predicted octanol–water partition coefficient (Wildman–Crippen LogP) is 4.03. The highest BCUT2D eigenvalue weighted by atomic mass is 79.9. The summed E-state index contributed by atoms with van der Waals surface area (Å²) >= 11 is 3.44. The number of benzene rings is 1. The van der Waals surface area contributed by atoms with Crippen LogP contribution >= 0.6 is 15.9 Å². The molecule has 0 aliphatic heterocycles. The molecule has 0 fully saturated rings. The molecule has 1 aromatic carbocycles. The number of aromatic nitrogens is 2. The van der Waals surface area contributed by atoms with Crippen LogP contribution in [0.3, 0.4) is 0 Å². The van der Waals surface area contributed by atoms with Gasteiger partial charge in [-0.3, -0.25) is 9.89 Å². The van der Waals surface area contributed by atoms with E-state index in [9.17, 15) is 4.79 Å². The fourth-order valence-corrected chi connectivity index (χ4v) is 2.22. The van der Waals surface area contributed by atoms with Crippen molar-refractivity contribution in [3.63, 3.8) is 0 Å². The summed E-state index contributed by atoms with van der Waals surface area (Å²) in [4.78, 5) is 12.3. The summed E-state index contributed by atoms with van der Waals surface area (Å²) in [7, 11) is 0. The zero-order chi connectivity index (χ0) is 14.9. The van der Waals surface area contributed by atoms with Gasteiger partial charge < -0.3 is 5.32 Å².